The van der Waals surface area contributed by atoms with E-state index in [9.17, 15) is 10.1 Å². The molecular weight excluding hydrogens is 198 g/mol. The first-order valence-electron chi connectivity index (χ1n) is 4.85. The summed E-state index contributed by atoms with van der Waals surface area (Å²) in [6.07, 6.45) is 0. The molecule has 1 aromatic rings. The molecule has 1 fully saturated rings. The summed E-state index contributed by atoms with van der Waals surface area (Å²) in [7, 11) is 0. The van der Waals surface area contributed by atoms with Gasteiger partial charge in [0.1, 0.15) is 5.69 Å². The Kier molecular flexibility index (Phi) is 2.55. The van der Waals surface area contributed by atoms with E-state index in [2.05, 4.69) is 15.5 Å². The van der Waals surface area contributed by atoms with Crippen LogP contribution in [-0.2, 0) is 0 Å². The molecule has 15 heavy (non-hydrogen) atoms. The van der Waals surface area contributed by atoms with Crippen LogP contribution in [0.4, 0.5) is 11.5 Å². The predicted octanol–water partition coefficient (Wildman–Crippen LogP) is 0.0359. The lowest BCUT2D eigenvalue weighted by molar-refractivity contribution is -0.384. The van der Waals surface area contributed by atoms with Gasteiger partial charge in [-0.05, 0) is 6.92 Å². The van der Waals surface area contributed by atoms with E-state index < -0.39 is 0 Å². The summed E-state index contributed by atoms with van der Waals surface area (Å²) < 4.78 is 0. The first-order valence-corrected chi connectivity index (χ1v) is 4.85. The van der Waals surface area contributed by atoms with Gasteiger partial charge >= 0.3 is 5.69 Å². The van der Waals surface area contributed by atoms with E-state index in [0.29, 0.717) is 11.5 Å². The van der Waals surface area contributed by atoms with Crippen LogP contribution in [0.15, 0.2) is 0 Å². The Balaban J connectivity index is 2.30. The highest BCUT2D eigenvalue weighted by Crippen LogP contribution is 2.28. The van der Waals surface area contributed by atoms with E-state index in [4.69, 9.17) is 0 Å². The zero-order chi connectivity index (χ0) is 10.8. The second-order valence-corrected chi connectivity index (χ2v) is 3.51. The number of H-pyrrole nitrogens is 1. The van der Waals surface area contributed by atoms with Crippen molar-refractivity contribution in [2.75, 3.05) is 31.1 Å². The quantitative estimate of drug-likeness (QED) is 0.532. The van der Waals surface area contributed by atoms with Gasteiger partial charge in [0.2, 0.25) is 5.82 Å². The second kappa shape index (κ2) is 3.85. The zero-order valence-corrected chi connectivity index (χ0v) is 8.49. The molecule has 0 spiro atoms. The number of rotatable bonds is 2. The van der Waals surface area contributed by atoms with Crippen molar-refractivity contribution in [3.63, 3.8) is 0 Å². The van der Waals surface area contributed by atoms with Crippen molar-refractivity contribution in [3.8, 4) is 0 Å². The molecule has 2 heterocycles. The minimum absolute atomic E-state index is 0.0944. The number of hydrogen-bond donors (Lipinski definition) is 2. The lowest BCUT2D eigenvalue weighted by Gasteiger charge is -2.26. The zero-order valence-electron chi connectivity index (χ0n) is 8.49. The second-order valence-electron chi connectivity index (χ2n) is 3.51. The van der Waals surface area contributed by atoms with Crippen LogP contribution in [0.25, 0.3) is 0 Å². The van der Waals surface area contributed by atoms with Gasteiger partial charge in [-0.15, -0.1) is 5.10 Å². The SMILES string of the molecule is Cc1[nH]nc(N2CCNCC2)c1[N+](=O)[O-]. The number of nitrogens with zero attached hydrogens (tertiary/aromatic N) is 3. The Morgan fingerprint density at radius 1 is 1.47 bits per heavy atom. The smallest absolute Gasteiger partial charge is 0.333 e. The summed E-state index contributed by atoms with van der Waals surface area (Å²) in [5.41, 5.74) is 0.602. The molecule has 0 aromatic carbocycles. The number of piperazine rings is 1. The van der Waals surface area contributed by atoms with Crippen LogP contribution in [0.1, 0.15) is 5.69 Å². The fourth-order valence-electron chi connectivity index (χ4n) is 1.73. The Labute approximate surface area is 86.6 Å². The number of hydrogen-bond acceptors (Lipinski definition) is 5. The molecule has 7 nitrogen and oxygen atoms in total. The summed E-state index contributed by atoms with van der Waals surface area (Å²) in [4.78, 5) is 12.4. The van der Waals surface area contributed by atoms with Crippen molar-refractivity contribution in [3.05, 3.63) is 15.8 Å². The van der Waals surface area contributed by atoms with Gasteiger partial charge in [-0.3, -0.25) is 15.2 Å². The monoisotopic (exact) mass is 211 g/mol. The van der Waals surface area contributed by atoms with Crippen LogP contribution >= 0.6 is 0 Å². The van der Waals surface area contributed by atoms with E-state index in [1.165, 1.54) is 0 Å². The summed E-state index contributed by atoms with van der Waals surface area (Å²) in [6, 6.07) is 0. The summed E-state index contributed by atoms with van der Waals surface area (Å²) in [5, 5.41) is 20.7. The molecule has 0 bridgehead atoms. The first-order chi connectivity index (χ1) is 7.20. The number of anilines is 1. The maximum atomic E-state index is 10.8. The third-order valence-corrected chi connectivity index (χ3v) is 2.50. The summed E-state index contributed by atoms with van der Waals surface area (Å²) in [6.45, 7) is 4.85. The van der Waals surface area contributed by atoms with E-state index in [0.717, 1.165) is 26.2 Å². The van der Waals surface area contributed by atoms with Crippen molar-refractivity contribution >= 4 is 11.5 Å². The highest BCUT2D eigenvalue weighted by Gasteiger charge is 2.26. The third-order valence-electron chi connectivity index (χ3n) is 2.50. The number of aromatic nitrogens is 2. The van der Waals surface area contributed by atoms with Crippen LogP contribution < -0.4 is 10.2 Å². The topological polar surface area (TPSA) is 87.1 Å². The van der Waals surface area contributed by atoms with Gasteiger partial charge in [0.05, 0.1) is 4.92 Å². The van der Waals surface area contributed by atoms with Crippen molar-refractivity contribution in [2.24, 2.45) is 0 Å². The average molecular weight is 211 g/mol. The molecule has 82 valence electrons. The van der Waals surface area contributed by atoms with Crippen molar-refractivity contribution in [1.82, 2.24) is 15.5 Å². The van der Waals surface area contributed by atoms with Gasteiger partial charge in [0.25, 0.3) is 0 Å². The highest BCUT2D eigenvalue weighted by molar-refractivity contribution is 5.60. The fourth-order valence-corrected chi connectivity index (χ4v) is 1.73. The fraction of sp³-hybridized carbons (Fsp3) is 0.625. The molecule has 1 saturated heterocycles. The van der Waals surface area contributed by atoms with Gasteiger partial charge in [0, 0.05) is 26.2 Å². The molecule has 1 aliphatic rings. The summed E-state index contributed by atoms with van der Waals surface area (Å²) >= 11 is 0. The van der Waals surface area contributed by atoms with Crippen molar-refractivity contribution < 1.29 is 4.92 Å². The minimum Gasteiger partial charge on any atom is -0.347 e. The van der Waals surface area contributed by atoms with Crippen LogP contribution in [0.2, 0.25) is 0 Å². The van der Waals surface area contributed by atoms with Crippen LogP contribution in [0, 0.1) is 17.0 Å². The van der Waals surface area contributed by atoms with E-state index in [1.807, 2.05) is 4.90 Å². The van der Waals surface area contributed by atoms with E-state index >= 15 is 0 Å². The van der Waals surface area contributed by atoms with Gasteiger partial charge in [-0.1, -0.05) is 0 Å². The van der Waals surface area contributed by atoms with Gasteiger partial charge in [-0.2, -0.15) is 0 Å². The molecule has 0 amide bonds. The molecule has 0 radical (unpaired) electrons. The van der Waals surface area contributed by atoms with Crippen molar-refractivity contribution in [2.45, 2.75) is 6.92 Å². The maximum absolute atomic E-state index is 10.8. The van der Waals surface area contributed by atoms with Crippen LogP contribution in [0.3, 0.4) is 0 Å². The highest BCUT2D eigenvalue weighted by atomic mass is 16.6. The molecule has 0 atom stereocenters. The minimum atomic E-state index is -0.379. The number of aromatic amines is 1. The van der Waals surface area contributed by atoms with Gasteiger partial charge in [0.15, 0.2) is 0 Å². The van der Waals surface area contributed by atoms with E-state index in [-0.39, 0.29) is 10.6 Å². The Morgan fingerprint density at radius 3 is 2.73 bits per heavy atom. The Hall–Kier alpha value is -1.63. The lowest BCUT2D eigenvalue weighted by atomic mass is 10.3. The number of nitro groups is 1. The number of aryl methyl sites for hydroxylation is 1. The largest absolute Gasteiger partial charge is 0.347 e. The average Bonchev–Trinajstić information content (AvgIpc) is 2.61. The molecule has 0 saturated carbocycles. The third kappa shape index (κ3) is 1.78. The van der Waals surface area contributed by atoms with Gasteiger partial charge in [-0.25, -0.2) is 0 Å². The molecular formula is C8H13N5O2. The molecule has 0 unspecified atom stereocenters. The predicted molar refractivity (Wildman–Crippen MR) is 55.1 cm³/mol. The molecule has 2 N–H and O–H groups in total. The molecule has 2 rings (SSSR count). The standard InChI is InChI=1S/C8H13N5O2/c1-6-7(13(14)15)8(11-10-6)12-4-2-9-3-5-12/h9H,2-5H2,1H3,(H,10,11). The first kappa shape index (κ1) is 9.91. The van der Waals surface area contributed by atoms with E-state index in [1.54, 1.807) is 6.92 Å². The summed E-state index contributed by atoms with van der Waals surface area (Å²) in [5.74, 6) is 0.457. The molecule has 7 heteroatoms. The molecule has 1 aromatic heterocycles. The van der Waals surface area contributed by atoms with Crippen LogP contribution in [0.5, 0.6) is 0 Å². The van der Waals surface area contributed by atoms with Crippen LogP contribution in [-0.4, -0.2) is 41.3 Å². The lowest BCUT2D eigenvalue weighted by Crippen LogP contribution is -2.43. The normalized spacial score (nSPS) is 16.7. The Morgan fingerprint density at radius 2 is 2.13 bits per heavy atom. The van der Waals surface area contributed by atoms with Crippen molar-refractivity contribution in [1.29, 1.82) is 0 Å². The van der Waals surface area contributed by atoms with Gasteiger partial charge < -0.3 is 10.2 Å². The maximum Gasteiger partial charge on any atom is 0.333 e. The number of nitrogens with one attached hydrogen (secondary N) is 2. The molecule has 0 aliphatic carbocycles. The molecule has 1 aliphatic heterocycles. The Bertz CT molecular complexity index is 369.